The molecule has 1 atom stereocenters. The molecule has 5 heteroatoms. The molecule has 1 aromatic rings. The van der Waals surface area contributed by atoms with E-state index in [-0.39, 0.29) is 6.10 Å². The second-order valence-electron chi connectivity index (χ2n) is 4.16. The van der Waals surface area contributed by atoms with Crippen molar-refractivity contribution >= 4 is 16.8 Å². The van der Waals surface area contributed by atoms with Gasteiger partial charge in [0.15, 0.2) is 11.5 Å². The van der Waals surface area contributed by atoms with Crippen molar-refractivity contribution < 1.29 is 19.0 Å². The maximum Gasteiger partial charge on any atom is 0.252 e. The maximum absolute atomic E-state index is 11.1. The van der Waals surface area contributed by atoms with Crippen molar-refractivity contribution in [2.24, 2.45) is 0 Å². The number of benzene rings is 1. The number of ether oxygens (including phenoxy) is 3. The van der Waals surface area contributed by atoms with Gasteiger partial charge in [-0.05, 0) is 48.7 Å². The van der Waals surface area contributed by atoms with Crippen LogP contribution in [0.4, 0.5) is 0 Å². The van der Waals surface area contributed by atoms with Crippen molar-refractivity contribution in [2.45, 2.75) is 18.9 Å². The van der Waals surface area contributed by atoms with E-state index in [0.717, 1.165) is 12.8 Å². The van der Waals surface area contributed by atoms with Crippen molar-refractivity contribution in [1.82, 2.24) is 0 Å². The van der Waals surface area contributed by atoms with Crippen LogP contribution in [0.3, 0.4) is 0 Å². The lowest BCUT2D eigenvalue weighted by Crippen LogP contribution is -2.21. The van der Waals surface area contributed by atoms with E-state index in [2.05, 4.69) is 0 Å². The first-order chi connectivity index (χ1) is 9.20. The van der Waals surface area contributed by atoms with Crippen molar-refractivity contribution in [3.63, 3.8) is 0 Å². The first-order valence-electron chi connectivity index (χ1n) is 6.02. The minimum atomic E-state index is -0.524. The van der Waals surface area contributed by atoms with E-state index in [1.807, 2.05) is 6.08 Å². The molecule has 0 spiro atoms. The van der Waals surface area contributed by atoms with Gasteiger partial charge in [0.1, 0.15) is 12.7 Å². The highest BCUT2D eigenvalue weighted by atomic mass is 35.5. The second-order valence-corrected chi connectivity index (χ2v) is 4.50. The Morgan fingerprint density at radius 2 is 2.32 bits per heavy atom. The van der Waals surface area contributed by atoms with E-state index in [1.165, 1.54) is 0 Å². The SMILES string of the molecule is COc1ccc(C(=O)Cl)cc1OCC1CCC=CO1. The molecule has 0 fully saturated rings. The van der Waals surface area contributed by atoms with E-state index in [1.54, 1.807) is 31.6 Å². The zero-order valence-corrected chi connectivity index (χ0v) is 11.4. The second kappa shape index (κ2) is 6.48. The first kappa shape index (κ1) is 13.7. The smallest absolute Gasteiger partial charge is 0.252 e. The Morgan fingerprint density at radius 3 is 2.95 bits per heavy atom. The van der Waals surface area contributed by atoms with Gasteiger partial charge >= 0.3 is 0 Å². The van der Waals surface area contributed by atoms with Gasteiger partial charge in [0.05, 0.1) is 13.4 Å². The van der Waals surface area contributed by atoms with Crippen LogP contribution in [0, 0.1) is 0 Å². The van der Waals surface area contributed by atoms with E-state index < -0.39 is 5.24 Å². The summed E-state index contributed by atoms with van der Waals surface area (Å²) in [6.07, 6.45) is 5.57. The standard InChI is InChI=1S/C14H15ClO4/c1-17-12-6-5-10(14(15)16)8-13(12)19-9-11-4-2-3-7-18-11/h3,5-8,11H,2,4,9H2,1H3. The average molecular weight is 283 g/mol. The Morgan fingerprint density at radius 1 is 1.47 bits per heavy atom. The third-order valence-electron chi connectivity index (χ3n) is 2.84. The van der Waals surface area contributed by atoms with Gasteiger partial charge in [-0.3, -0.25) is 4.79 Å². The van der Waals surface area contributed by atoms with Crippen molar-refractivity contribution in [2.75, 3.05) is 13.7 Å². The van der Waals surface area contributed by atoms with Crippen LogP contribution in [0.2, 0.25) is 0 Å². The zero-order valence-electron chi connectivity index (χ0n) is 10.6. The van der Waals surface area contributed by atoms with Gasteiger partial charge in [-0.2, -0.15) is 0 Å². The van der Waals surface area contributed by atoms with Crippen LogP contribution >= 0.6 is 11.6 Å². The fourth-order valence-corrected chi connectivity index (χ4v) is 1.92. The number of allylic oxidation sites excluding steroid dienone is 1. The van der Waals surface area contributed by atoms with Crippen LogP contribution in [-0.2, 0) is 4.74 Å². The van der Waals surface area contributed by atoms with Gasteiger partial charge in [0, 0.05) is 5.56 Å². The van der Waals surface area contributed by atoms with E-state index >= 15 is 0 Å². The van der Waals surface area contributed by atoms with Crippen molar-refractivity contribution in [3.05, 3.63) is 36.1 Å². The highest BCUT2D eigenvalue weighted by molar-refractivity contribution is 6.67. The summed E-state index contributed by atoms with van der Waals surface area (Å²) in [5.74, 6) is 1.06. The first-order valence-corrected chi connectivity index (χ1v) is 6.39. The summed E-state index contributed by atoms with van der Waals surface area (Å²) in [6.45, 7) is 0.403. The number of carbonyl (C=O) groups is 1. The number of hydrogen-bond acceptors (Lipinski definition) is 4. The van der Waals surface area contributed by atoms with Crippen LogP contribution < -0.4 is 9.47 Å². The molecule has 0 aliphatic carbocycles. The Hall–Kier alpha value is -1.68. The summed E-state index contributed by atoms with van der Waals surface area (Å²) < 4.78 is 16.3. The van der Waals surface area contributed by atoms with Gasteiger partial charge in [-0.15, -0.1) is 0 Å². The number of carbonyl (C=O) groups excluding carboxylic acids is 1. The fraction of sp³-hybridized carbons (Fsp3) is 0.357. The van der Waals surface area contributed by atoms with Crippen LogP contribution in [0.5, 0.6) is 11.5 Å². The molecule has 102 valence electrons. The molecule has 1 aliphatic rings. The van der Waals surface area contributed by atoms with Crippen LogP contribution in [0.25, 0.3) is 0 Å². The summed E-state index contributed by atoms with van der Waals surface area (Å²) in [5.41, 5.74) is 0.377. The fourth-order valence-electron chi connectivity index (χ4n) is 1.80. The Bertz CT molecular complexity index is 484. The van der Waals surface area contributed by atoms with Gasteiger partial charge in [0.25, 0.3) is 5.24 Å². The summed E-state index contributed by atoms with van der Waals surface area (Å²) in [5, 5.41) is -0.524. The van der Waals surface area contributed by atoms with Crippen LogP contribution in [-0.4, -0.2) is 25.1 Å². The predicted octanol–water partition coefficient (Wildman–Crippen LogP) is 3.15. The Labute approximate surface area is 116 Å². The topological polar surface area (TPSA) is 44.8 Å². The quantitative estimate of drug-likeness (QED) is 0.778. The summed E-state index contributed by atoms with van der Waals surface area (Å²) in [6, 6.07) is 4.83. The molecule has 1 aliphatic heterocycles. The molecule has 0 bridgehead atoms. The molecule has 1 unspecified atom stereocenters. The molecule has 0 N–H and O–H groups in total. The maximum atomic E-state index is 11.1. The number of methoxy groups -OCH3 is 1. The highest BCUT2D eigenvalue weighted by Crippen LogP contribution is 2.29. The predicted molar refractivity (Wildman–Crippen MR) is 71.9 cm³/mol. The summed E-state index contributed by atoms with van der Waals surface area (Å²) in [7, 11) is 1.55. The molecule has 0 saturated heterocycles. The molecular formula is C14H15ClO4. The van der Waals surface area contributed by atoms with Gasteiger partial charge < -0.3 is 14.2 Å². The number of halogens is 1. The summed E-state index contributed by atoms with van der Waals surface area (Å²) >= 11 is 5.45. The van der Waals surface area contributed by atoms with E-state index in [9.17, 15) is 4.79 Å². The van der Waals surface area contributed by atoms with Crippen molar-refractivity contribution in [3.8, 4) is 11.5 Å². The molecule has 4 nitrogen and oxygen atoms in total. The third kappa shape index (κ3) is 3.64. The van der Waals surface area contributed by atoms with Crippen LogP contribution in [0.1, 0.15) is 23.2 Å². The van der Waals surface area contributed by atoms with Gasteiger partial charge in [0.2, 0.25) is 0 Å². The molecule has 1 heterocycles. The molecule has 2 rings (SSSR count). The van der Waals surface area contributed by atoms with Crippen molar-refractivity contribution in [1.29, 1.82) is 0 Å². The Balaban J connectivity index is 2.06. The minimum Gasteiger partial charge on any atom is -0.495 e. The van der Waals surface area contributed by atoms with Gasteiger partial charge in [-0.25, -0.2) is 0 Å². The molecule has 0 saturated carbocycles. The van der Waals surface area contributed by atoms with E-state index in [0.29, 0.717) is 23.7 Å². The molecular weight excluding hydrogens is 268 g/mol. The normalized spacial score (nSPS) is 17.7. The lowest BCUT2D eigenvalue weighted by atomic mass is 10.2. The molecule has 1 aromatic carbocycles. The van der Waals surface area contributed by atoms with Gasteiger partial charge in [-0.1, -0.05) is 0 Å². The Kier molecular flexibility index (Phi) is 4.68. The minimum absolute atomic E-state index is 0.0186. The molecule has 0 aromatic heterocycles. The largest absolute Gasteiger partial charge is 0.495 e. The highest BCUT2D eigenvalue weighted by Gasteiger charge is 2.14. The average Bonchev–Trinajstić information content (AvgIpc) is 2.45. The number of rotatable bonds is 5. The monoisotopic (exact) mass is 282 g/mol. The van der Waals surface area contributed by atoms with E-state index in [4.69, 9.17) is 25.8 Å². The third-order valence-corrected chi connectivity index (χ3v) is 3.06. The zero-order chi connectivity index (χ0) is 13.7. The lowest BCUT2D eigenvalue weighted by molar-refractivity contribution is 0.0720. The summed E-state index contributed by atoms with van der Waals surface area (Å²) in [4.78, 5) is 11.1. The number of hydrogen-bond donors (Lipinski definition) is 0. The molecule has 19 heavy (non-hydrogen) atoms. The van der Waals surface area contributed by atoms with Crippen LogP contribution in [0.15, 0.2) is 30.5 Å². The molecule has 0 amide bonds. The lowest BCUT2D eigenvalue weighted by Gasteiger charge is -2.20. The molecule has 0 radical (unpaired) electrons.